The summed E-state index contributed by atoms with van der Waals surface area (Å²) in [7, 11) is 0. The quantitative estimate of drug-likeness (QED) is 0.925. The van der Waals surface area contributed by atoms with Crippen molar-refractivity contribution in [1.29, 1.82) is 0 Å². The molecule has 0 fully saturated rings. The highest BCUT2D eigenvalue weighted by atomic mass is 32.1. The average Bonchev–Trinajstić information content (AvgIpc) is 3.01. The van der Waals surface area contributed by atoms with E-state index < -0.39 is 23.1 Å². The summed E-state index contributed by atoms with van der Waals surface area (Å²) in [5.41, 5.74) is -0.715. The van der Waals surface area contributed by atoms with Gasteiger partial charge in [-0.3, -0.25) is 9.79 Å². The number of hydrogen-bond donors (Lipinski definition) is 1. The number of carbonyl (C=O) groups excluding carboxylic acids is 1. The molecule has 0 saturated carbocycles. The highest BCUT2D eigenvalue weighted by molar-refractivity contribution is 7.11. The number of benzene rings is 1. The molecule has 1 aliphatic rings. The topological polar surface area (TPSA) is 54.4 Å². The van der Waals surface area contributed by atoms with Crippen molar-refractivity contribution >= 4 is 23.1 Å². The van der Waals surface area contributed by atoms with Crippen molar-refractivity contribution in [2.45, 2.75) is 12.5 Å². The number of nitrogens with one attached hydrogen (secondary N) is 1. The molecule has 0 aliphatic carbocycles. The molecule has 0 saturated heterocycles. The molecule has 2 unspecified atom stereocenters. The lowest BCUT2D eigenvalue weighted by Crippen LogP contribution is -2.49. The minimum absolute atomic E-state index is 0.312. The zero-order valence-corrected chi connectivity index (χ0v) is 12.5. The molecule has 0 bridgehead atoms. The van der Waals surface area contributed by atoms with E-state index in [1.54, 1.807) is 18.5 Å². The van der Waals surface area contributed by atoms with Gasteiger partial charge >= 0.3 is 0 Å². The van der Waals surface area contributed by atoms with Gasteiger partial charge in [-0.1, -0.05) is 6.07 Å². The first-order chi connectivity index (χ1) is 10.4. The van der Waals surface area contributed by atoms with Crippen LogP contribution in [0.25, 0.3) is 0 Å². The second-order valence-electron chi connectivity index (χ2n) is 5.12. The normalized spacial score (nSPS) is 24.8. The van der Waals surface area contributed by atoms with Crippen LogP contribution in [0.4, 0.5) is 8.78 Å². The van der Waals surface area contributed by atoms with Crippen LogP contribution in [0.5, 0.6) is 0 Å². The van der Waals surface area contributed by atoms with Gasteiger partial charge in [0.2, 0.25) is 5.91 Å². The van der Waals surface area contributed by atoms with Gasteiger partial charge in [-0.2, -0.15) is 0 Å². The molecule has 3 rings (SSSR count). The van der Waals surface area contributed by atoms with Crippen LogP contribution in [0.15, 0.2) is 34.8 Å². The van der Waals surface area contributed by atoms with Crippen LogP contribution in [0.3, 0.4) is 0 Å². The van der Waals surface area contributed by atoms with Crippen molar-refractivity contribution in [2.24, 2.45) is 10.9 Å². The van der Waals surface area contributed by atoms with Crippen molar-refractivity contribution in [3.63, 3.8) is 0 Å². The zero-order chi connectivity index (χ0) is 15.9. The van der Waals surface area contributed by atoms with Crippen molar-refractivity contribution in [3.8, 4) is 0 Å². The molecule has 2 heterocycles. The molecular weight excluding hydrogens is 308 g/mol. The van der Waals surface area contributed by atoms with E-state index >= 15 is 0 Å². The molecule has 113 valence electrons. The van der Waals surface area contributed by atoms with Crippen molar-refractivity contribution < 1.29 is 13.6 Å². The van der Waals surface area contributed by atoms with Crippen LogP contribution in [0, 0.1) is 24.5 Å². The summed E-state index contributed by atoms with van der Waals surface area (Å²) in [4.78, 5) is 20.8. The van der Waals surface area contributed by atoms with Crippen LogP contribution >= 0.6 is 11.3 Å². The number of nitrogens with zero attached hydrogens (tertiary/aromatic N) is 2. The summed E-state index contributed by atoms with van der Waals surface area (Å²) in [6, 6.07) is 3.49. The number of aromatic nitrogens is 1. The first-order valence-electron chi connectivity index (χ1n) is 6.51. The van der Waals surface area contributed by atoms with Gasteiger partial charge in [-0.25, -0.2) is 13.8 Å². The van der Waals surface area contributed by atoms with Gasteiger partial charge in [0.05, 0.1) is 11.5 Å². The number of halogens is 2. The Hall–Kier alpha value is -2.15. The number of aliphatic imine (C=N–C) groups is 1. The second-order valence-corrected chi connectivity index (χ2v) is 6.01. The summed E-state index contributed by atoms with van der Waals surface area (Å²) in [6.45, 7) is 5.49. The Bertz CT molecular complexity index is 760. The number of carbonyl (C=O) groups is 1. The van der Waals surface area contributed by atoms with Crippen LogP contribution in [-0.4, -0.2) is 16.7 Å². The summed E-state index contributed by atoms with van der Waals surface area (Å²) in [6.07, 6.45) is 1.60. The fourth-order valence-electron chi connectivity index (χ4n) is 2.32. The standard InChI is InChI=1S/C15H12F2N3OS/c1-8-13(21)19-12(14-18-5-6-22-14)20-15(8,2)9-3-4-10(16)11(17)7-9/h3-8H,1H2,2H3,(H,19,20,21). The Kier molecular flexibility index (Phi) is 3.52. The third kappa shape index (κ3) is 2.31. The van der Waals surface area contributed by atoms with Gasteiger partial charge in [0.25, 0.3) is 0 Å². The number of thiazole rings is 1. The largest absolute Gasteiger partial charge is 0.308 e. The Labute approximate surface area is 129 Å². The van der Waals surface area contributed by atoms with Crippen molar-refractivity contribution in [3.05, 3.63) is 58.9 Å². The molecule has 1 aromatic carbocycles. The van der Waals surface area contributed by atoms with E-state index in [4.69, 9.17) is 0 Å². The molecule has 4 nitrogen and oxygen atoms in total. The highest BCUT2D eigenvalue weighted by Crippen LogP contribution is 2.37. The van der Waals surface area contributed by atoms with Gasteiger partial charge < -0.3 is 5.32 Å². The summed E-state index contributed by atoms with van der Waals surface area (Å²) < 4.78 is 26.7. The van der Waals surface area contributed by atoms with Gasteiger partial charge in [0, 0.05) is 11.6 Å². The predicted molar refractivity (Wildman–Crippen MR) is 79.4 cm³/mol. The van der Waals surface area contributed by atoms with Gasteiger partial charge in [-0.15, -0.1) is 11.3 Å². The number of rotatable bonds is 2. The van der Waals surface area contributed by atoms with E-state index in [9.17, 15) is 13.6 Å². The van der Waals surface area contributed by atoms with E-state index in [0.29, 0.717) is 16.4 Å². The lowest BCUT2D eigenvalue weighted by molar-refractivity contribution is -0.124. The molecule has 2 aromatic rings. The Morgan fingerprint density at radius 1 is 1.36 bits per heavy atom. The van der Waals surface area contributed by atoms with Gasteiger partial charge in [-0.05, 0) is 31.5 Å². The molecular formula is C15H12F2N3OS. The van der Waals surface area contributed by atoms with E-state index in [1.165, 1.54) is 17.4 Å². The Balaban J connectivity index is 2.14. The van der Waals surface area contributed by atoms with Gasteiger partial charge in [0.15, 0.2) is 22.5 Å². The Morgan fingerprint density at radius 2 is 2.14 bits per heavy atom. The lowest BCUT2D eigenvalue weighted by atomic mass is 9.79. The molecule has 0 spiro atoms. The maximum Gasteiger partial charge on any atom is 0.231 e. The van der Waals surface area contributed by atoms with E-state index in [1.807, 2.05) is 0 Å². The number of amides is 1. The molecule has 2 atom stereocenters. The zero-order valence-electron chi connectivity index (χ0n) is 11.6. The van der Waals surface area contributed by atoms with Crippen molar-refractivity contribution in [2.75, 3.05) is 0 Å². The summed E-state index contributed by atoms with van der Waals surface area (Å²) in [5.74, 6) is -2.74. The first kappa shape index (κ1) is 14.8. The number of amidine groups is 1. The van der Waals surface area contributed by atoms with Crippen LogP contribution in [0.1, 0.15) is 17.5 Å². The monoisotopic (exact) mass is 320 g/mol. The van der Waals surface area contributed by atoms with Crippen LogP contribution in [0.2, 0.25) is 0 Å². The third-order valence-corrected chi connectivity index (χ3v) is 4.50. The summed E-state index contributed by atoms with van der Waals surface area (Å²) in [5, 5.41) is 4.96. The molecule has 22 heavy (non-hydrogen) atoms. The second kappa shape index (κ2) is 5.24. The SMILES string of the molecule is [CH2]C1C(=O)NC(c2nccs2)=NC1(C)c1ccc(F)c(F)c1. The van der Waals surface area contributed by atoms with Crippen LogP contribution < -0.4 is 5.32 Å². The first-order valence-corrected chi connectivity index (χ1v) is 7.39. The fraction of sp³-hybridized carbons (Fsp3) is 0.200. The molecule has 1 N–H and O–H groups in total. The maximum atomic E-state index is 13.5. The highest BCUT2D eigenvalue weighted by Gasteiger charge is 2.42. The molecule has 7 heteroatoms. The minimum Gasteiger partial charge on any atom is -0.308 e. The maximum absolute atomic E-state index is 13.5. The third-order valence-electron chi connectivity index (χ3n) is 3.72. The molecule has 1 aromatic heterocycles. The summed E-state index contributed by atoms with van der Waals surface area (Å²) >= 11 is 1.32. The number of hydrogen-bond acceptors (Lipinski definition) is 4. The Morgan fingerprint density at radius 3 is 2.77 bits per heavy atom. The van der Waals surface area contributed by atoms with Gasteiger partial charge in [0.1, 0.15) is 0 Å². The molecule has 1 amide bonds. The van der Waals surface area contributed by atoms with E-state index in [-0.39, 0.29) is 5.91 Å². The minimum atomic E-state index is -1.10. The van der Waals surface area contributed by atoms with Crippen molar-refractivity contribution in [1.82, 2.24) is 10.3 Å². The average molecular weight is 320 g/mol. The van der Waals surface area contributed by atoms with Crippen LogP contribution in [-0.2, 0) is 10.3 Å². The molecule has 1 aliphatic heterocycles. The van der Waals surface area contributed by atoms with E-state index in [0.717, 1.165) is 12.1 Å². The lowest BCUT2D eigenvalue weighted by Gasteiger charge is -2.36. The fourth-order valence-corrected chi connectivity index (χ4v) is 2.90. The van der Waals surface area contributed by atoms with E-state index in [2.05, 4.69) is 22.2 Å². The molecule has 1 radical (unpaired) electrons. The smallest absolute Gasteiger partial charge is 0.231 e. The predicted octanol–water partition coefficient (Wildman–Crippen LogP) is 2.66.